The summed E-state index contributed by atoms with van der Waals surface area (Å²) in [6.07, 6.45) is 1.37. The lowest BCUT2D eigenvalue weighted by Gasteiger charge is -2.12. The zero-order chi connectivity index (χ0) is 13.0. The summed E-state index contributed by atoms with van der Waals surface area (Å²) < 4.78 is 12.7. The van der Waals surface area contributed by atoms with E-state index in [1.165, 1.54) is 30.6 Å². The van der Waals surface area contributed by atoms with Crippen LogP contribution in [0.1, 0.15) is 18.8 Å². The summed E-state index contributed by atoms with van der Waals surface area (Å²) in [5.41, 5.74) is 0.513. The van der Waals surface area contributed by atoms with Crippen molar-refractivity contribution in [1.29, 1.82) is 0 Å². The van der Waals surface area contributed by atoms with Crippen LogP contribution in [0.4, 0.5) is 14.9 Å². The average molecular weight is 249 g/mol. The van der Waals surface area contributed by atoms with E-state index in [1.54, 1.807) is 6.92 Å². The predicted molar refractivity (Wildman–Crippen MR) is 63.4 cm³/mol. The van der Waals surface area contributed by atoms with Gasteiger partial charge in [0.05, 0.1) is 6.04 Å². The third kappa shape index (κ3) is 3.03. The number of urea groups is 1. The van der Waals surface area contributed by atoms with Crippen LogP contribution in [-0.4, -0.2) is 21.2 Å². The molecule has 18 heavy (non-hydrogen) atoms. The SMILES string of the molecule is CC(NC(=O)Nc1ccc(F)cc1)c1ncn[nH]1. The van der Waals surface area contributed by atoms with E-state index in [9.17, 15) is 9.18 Å². The Kier molecular flexibility index (Phi) is 3.52. The number of halogens is 1. The third-order valence-electron chi connectivity index (χ3n) is 2.29. The maximum Gasteiger partial charge on any atom is 0.319 e. The highest BCUT2D eigenvalue weighted by Crippen LogP contribution is 2.09. The van der Waals surface area contributed by atoms with Gasteiger partial charge in [-0.05, 0) is 31.2 Å². The van der Waals surface area contributed by atoms with E-state index in [1.807, 2.05) is 0 Å². The quantitative estimate of drug-likeness (QED) is 0.776. The van der Waals surface area contributed by atoms with E-state index in [0.29, 0.717) is 11.5 Å². The van der Waals surface area contributed by atoms with Gasteiger partial charge in [0.1, 0.15) is 18.0 Å². The van der Waals surface area contributed by atoms with Crippen LogP contribution in [-0.2, 0) is 0 Å². The highest BCUT2D eigenvalue weighted by atomic mass is 19.1. The molecule has 1 aromatic carbocycles. The number of nitrogens with one attached hydrogen (secondary N) is 3. The van der Waals surface area contributed by atoms with Crippen molar-refractivity contribution in [3.05, 3.63) is 42.2 Å². The Morgan fingerprint density at radius 1 is 1.39 bits per heavy atom. The van der Waals surface area contributed by atoms with Crippen molar-refractivity contribution < 1.29 is 9.18 Å². The minimum Gasteiger partial charge on any atom is -0.328 e. The molecular weight excluding hydrogens is 237 g/mol. The number of amides is 2. The lowest BCUT2D eigenvalue weighted by Crippen LogP contribution is -2.31. The molecular formula is C11H12FN5O. The Hall–Kier alpha value is -2.44. The predicted octanol–water partition coefficient (Wildman–Crippen LogP) is 1.83. The number of aromatic amines is 1. The minimum absolute atomic E-state index is 0.298. The summed E-state index contributed by atoms with van der Waals surface area (Å²) in [7, 11) is 0. The topological polar surface area (TPSA) is 82.7 Å². The number of aromatic nitrogens is 3. The third-order valence-corrected chi connectivity index (χ3v) is 2.29. The summed E-state index contributed by atoms with van der Waals surface area (Å²) >= 11 is 0. The number of hydrogen-bond acceptors (Lipinski definition) is 3. The first-order chi connectivity index (χ1) is 8.65. The number of nitrogens with zero attached hydrogens (tertiary/aromatic N) is 2. The number of carbonyl (C=O) groups is 1. The van der Waals surface area contributed by atoms with Gasteiger partial charge in [0.25, 0.3) is 0 Å². The maximum atomic E-state index is 12.7. The van der Waals surface area contributed by atoms with Crippen molar-refractivity contribution in [3.8, 4) is 0 Å². The molecule has 2 rings (SSSR count). The van der Waals surface area contributed by atoms with Crippen molar-refractivity contribution >= 4 is 11.7 Å². The van der Waals surface area contributed by atoms with Crippen molar-refractivity contribution in [2.24, 2.45) is 0 Å². The van der Waals surface area contributed by atoms with Crippen LogP contribution >= 0.6 is 0 Å². The summed E-state index contributed by atoms with van der Waals surface area (Å²) in [5.74, 6) is 0.209. The zero-order valence-electron chi connectivity index (χ0n) is 9.64. The normalized spacial score (nSPS) is 11.9. The number of hydrogen-bond donors (Lipinski definition) is 3. The first-order valence-electron chi connectivity index (χ1n) is 5.33. The van der Waals surface area contributed by atoms with Gasteiger partial charge in [0, 0.05) is 5.69 Å². The van der Waals surface area contributed by atoms with Crippen molar-refractivity contribution in [1.82, 2.24) is 20.5 Å². The Bertz CT molecular complexity index is 511. The molecule has 1 unspecified atom stereocenters. The molecule has 0 aliphatic carbocycles. The Balaban J connectivity index is 1.91. The largest absolute Gasteiger partial charge is 0.328 e. The molecule has 1 atom stereocenters. The lowest BCUT2D eigenvalue weighted by atomic mass is 10.3. The second-order valence-electron chi connectivity index (χ2n) is 3.70. The van der Waals surface area contributed by atoms with Crippen molar-refractivity contribution in [2.75, 3.05) is 5.32 Å². The minimum atomic E-state index is -0.398. The molecule has 0 saturated heterocycles. The van der Waals surface area contributed by atoms with Gasteiger partial charge in [-0.15, -0.1) is 0 Å². The van der Waals surface area contributed by atoms with Gasteiger partial charge >= 0.3 is 6.03 Å². The first kappa shape index (κ1) is 12.0. The molecule has 0 bridgehead atoms. The van der Waals surface area contributed by atoms with Gasteiger partial charge in [-0.25, -0.2) is 14.2 Å². The summed E-state index contributed by atoms with van der Waals surface area (Å²) in [6, 6.07) is 4.81. The van der Waals surface area contributed by atoms with E-state index in [0.717, 1.165) is 0 Å². The number of rotatable bonds is 3. The molecule has 0 spiro atoms. The molecule has 7 heteroatoms. The van der Waals surface area contributed by atoms with Gasteiger partial charge in [-0.1, -0.05) is 0 Å². The van der Waals surface area contributed by atoms with E-state index in [4.69, 9.17) is 0 Å². The fourth-order valence-electron chi connectivity index (χ4n) is 1.39. The molecule has 2 amide bonds. The van der Waals surface area contributed by atoms with Crippen LogP contribution in [0.25, 0.3) is 0 Å². The van der Waals surface area contributed by atoms with Gasteiger partial charge in [-0.3, -0.25) is 5.10 Å². The molecule has 0 aliphatic rings. The molecule has 94 valence electrons. The number of benzene rings is 1. The zero-order valence-corrected chi connectivity index (χ0v) is 9.64. The van der Waals surface area contributed by atoms with Gasteiger partial charge in [0.2, 0.25) is 0 Å². The fourth-order valence-corrected chi connectivity index (χ4v) is 1.39. The molecule has 1 aromatic heterocycles. The second kappa shape index (κ2) is 5.26. The Morgan fingerprint density at radius 3 is 2.72 bits per heavy atom. The highest BCUT2D eigenvalue weighted by molar-refractivity contribution is 5.89. The van der Waals surface area contributed by atoms with Crippen LogP contribution in [0.15, 0.2) is 30.6 Å². The highest BCUT2D eigenvalue weighted by Gasteiger charge is 2.11. The number of anilines is 1. The standard InChI is InChI=1S/C11H12FN5O/c1-7(10-13-6-14-17-10)15-11(18)16-9-4-2-8(12)3-5-9/h2-7H,1H3,(H,13,14,17)(H2,15,16,18). The van der Waals surface area contributed by atoms with Crippen LogP contribution in [0.3, 0.4) is 0 Å². The molecule has 2 aromatic rings. The van der Waals surface area contributed by atoms with E-state index < -0.39 is 6.03 Å². The Labute approximate surface area is 103 Å². The fraction of sp³-hybridized carbons (Fsp3) is 0.182. The summed E-state index contributed by atoms with van der Waals surface area (Å²) in [5, 5.41) is 11.6. The number of carbonyl (C=O) groups excluding carboxylic acids is 1. The monoisotopic (exact) mass is 249 g/mol. The molecule has 1 heterocycles. The molecule has 0 fully saturated rings. The molecule has 0 radical (unpaired) electrons. The number of H-pyrrole nitrogens is 1. The van der Waals surface area contributed by atoms with Crippen molar-refractivity contribution in [3.63, 3.8) is 0 Å². The lowest BCUT2D eigenvalue weighted by molar-refractivity contribution is 0.249. The Morgan fingerprint density at radius 2 is 2.11 bits per heavy atom. The van der Waals surface area contributed by atoms with Crippen molar-refractivity contribution in [2.45, 2.75) is 13.0 Å². The van der Waals surface area contributed by atoms with Gasteiger partial charge < -0.3 is 10.6 Å². The van der Waals surface area contributed by atoms with E-state index in [2.05, 4.69) is 25.8 Å². The molecule has 0 saturated carbocycles. The molecule has 6 nitrogen and oxygen atoms in total. The molecule has 3 N–H and O–H groups in total. The van der Waals surface area contributed by atoms with Gasteiger partial charge in [-0.2, -0.15) is 5.10 Å². The van der Waals surface area contributed by atoms with Crippen LogP contribution in [0.2, 0.25) is 0 Å². The second-order valence-corrected chi connectivity index (χ2v) is 3.70. The van der Waals surface area contributed by atoms with Crippen LogP contribution < -0.4 is 10.6 Å². The maximum absolute atomic E-state index is 12.7. The van der Waals surface area contributed by atoms with E-state index in [-0.39, 0.29) is 11.9 Å². The average Bonchev–Trinajstić information content (AvgIpc) is 2.85. The van der Waals surface area contributed by atoms with Crippen LogP contribution in [0.5, 0.6) is 0 Å². The van der Waals surface area contributed by atoms with Gasteiger partial charge in [0.15, 0.2) is 0 Å². The summed E-state index contributed by atoms with van der Waals surface area (Å²) in [4.78, 5) is 15.6. The summed E-state index contributed by atoms with van der Waals surface area (Å²) in [6.45, 7) is 1.77. The van der Waals surface area contributed by atoms with E-state index >= 15 is 0 Å². The smallest absolute Gasteiger partial charge is 0.319 e. The van der Waals surface area contributed by atoms with Crippen LogP contribution in [0, 0.1) is 5.82 Å². The molecule has 0 aliphatic heterocycles. The first-order valence-corrected chi connectivity index (χ1v) is 5.33.